The zero-order chi connectivity index (χ0) is 36.3. The van der Waals surface area contributed by atoms with E-state index in [9.17, 15) is 0 Å². The molecule has 0 aromatic heterocycles. The molecule has 0 fully saturated rings. The molecule has 0 bridgehead atoms. The van der Waals surface area contributed by atoms with E-state index >= 15 is 0 Å². The second-order valence-corrected chi connectivity index (χ2v) is 16.5. The minimum absolute atomic E-state index is 0.0205. The lowest BCUT2D eigenvalue weighted by atomic mass is 9.79. The summed E-state index contributed by atoms with van der Waals surface area (Å²) in [5.74, 6) is 0. The molecule has 9 aromatic rings. The summed E-state index contributed by atoms with van der Waals surface area (Å²) in [4.78, 5) is 0. The van der Waals surface area contributed by atoms with Crippen molar-refractivity contribution in [2.24, 2.45) is 0 Å². The van der Waals surface area contributed by atoms with Crippen LogP contribution in [-0.4, -0.2) is 0 Å². The van der Waals surface area contributed by atoms with Crippen LogP contribution in [0, 0.1) is 0 Å². The molecule has 0 unspecified atom stereocenters. The highest BCUT2D eigenvalue weighted by Gasteiger charge is 2.41. The lowest BCUT2D eigenvalue weighted by Gasteiger charge is -2.24. The van der Waals surface area contributed by atoms with Gasteiger partial charge in [-0.1, -0.05) is 167 Å². The number of hydrogen-bond acceptors (Lipinski definition) is 0. The van der Waals surface area contributed by atoms with Crippen LogP contribution in [-0.2, 0) is 10.8 Å². The van der Waals surface area contributed by atoms with Crippen LogP contribution in [0.25, 0.3) is 88.0 Å². The van der Waals surface area contributed by atoms with Crippen molar-refractivity contribution in [3.8, 4) is 55.6 Å². The molecule has 0 saturated heterocycles. The van der Waals surface area contributed by atoms with Crippen molar-refractivity contribution in [2.45, 2.75) is 38.5 Å². The lowest BCUT2D eigenvalue weighted by Crippen LogP contribution is -2.17. The number of hydrogen-bond donors (Lipinski definition) is 0. The molecule has 0 heterocycles. The van der Waals surface area contributed by atoms with Crippen molar-refractivity contribution < 1.29 is 0 Å². The Labute approximate surface area is 317 Å². The topological polar surface area (TPSA) is 0 Å². The minimum atomic E-state index is -0.119. The maximum absolute atomic E-state index is 2.51. The fourth-order valence-corrected chi connectivity index (χ4v) is 10.1. The van der Waals surface area contributed by atoms with Gasteiger partial charge in [0.05, 0.1) is 0 Å². The Balaban J connectivity index is 1.05. The summed E-state index contributed by atoms with van der Waals surface area (Å²) in [6, 6.07) is 63.9. The SMILES string of the molecule is CC1(C)c2ccccc2-c2cc3c(cc21)-c1ccc(-c2ccccc2-c2cccc(-c4c5ccccc5cc5c4ccc4ccccc45)c2)cc1C3(C)C. The molecule has 0 nitrogen and oxygen atoms in total. The number of benzene rings is 9. The Hall–Kier alpha value is -6.24. The number of rotatable bonds is 3. The van der Waals surface area contributed by atoms with Crippen LogP contribution < -0.4 is 0 Å². The molecule has 0 heteroatoms. The molecular formula is C54H40. The van der Waals surface area contributed by atoms with Crippen LogP contribution in [0.3, 0.4) is 0 Å². The van der Waals surface area contributed by atoms with Crippen molar-refractivity contribution in [1.82, 2.24) is 0 Å². The standard InChI is InChI=1S/C54H40/c1-53(2)48-23-12-11-22-42(48)46-31-51-47(32-50(46)53)43-26-25-36(30-49(43)54(51,3)4)40-20-10-9-19-39(40)34-16-13-17-37(28-34)52-41-21-8-6-15-35(41)29-45-38-18-7-5-14-33(38)24-27-44(45)52/h5-32H,1-4H3. The zero-order valence-corrected chi connectivity index (χ0v) is 31.2. The van der Waals surface area contributed by atoms with E-state index in [0.29, 0.717) is 0 Å². The smallest absolute Gasteiger partial charge is 0.0159 e. The van der Waals surface area contributed by atoms with Crippen LogP contribution in [0.2, 0.25) is 0 Å². The lowest BCUT2D eigenvalue weighted by molar-refractivity contribution is 0.652. The van der Waals surface area contributed by atoms with Crippen molar-refractivity contribution in [3.05, 3.63) is 192 Å². The van der Waals surface area contributed by atoms with Crippen molar-refractivity contribution in [3.63, 3.8) is 0 Å². The summed E-state index contributed by atoms with van der Waals surface area (Å²) in [5, 5.41) is 7.70. The molecule has 0 atom stereocenters. The molecule has 0 saturated carbocycles. The first-order valence-corrected chi connectivity index (χ1v) is 19.3. The highest BCUT2D eigenvalue weighted by Crippen LogP contribution is 2.56. The quantitative estimate of drug-likeness (QED) is 0.128. The van der Waals surface area contributed by atoms with Crippen LogP contribution in [0.1, 0.15) is 49.9 Å². The first kappa shape index (κ1) is 31.3. The molecule has 54 heavy (non-hydrogen) atoms. The third-order valence-corrected chi connectivity index (χ3v) is 12.8. The van der Waals surface area contributed by atoms with E-state index in [1.165, 1.54) is 110 Å². The molecule has 0 aliphatic heterocycles. The Morgan fingerprint density at radius 3 is 1.59 bits per heavy atom. The van der Waals surface area contributed by atoms with Crippen LogP contribution >= 0.6 is 0 Å². The maximum atomic E-state index is 2.51. The van der Waals surface area contributed by atoms with Gasteiger partial charge in [0, 0.05) is 10.8 Å². The first-order valence-electron chi connectivity index (χ1n) is 19.3. The summed E-state index contributed by atoms with van der Waals surface area (Å²) in [6.45, 7) is 9.58. The molecule has 9 aromatic carbocycles. The van der Waals surface area contributed by atoms with E-state index in [1.54, 1.807) is 0 Å². The number of fused-ring (bicyclic) bond motifs is 10. The zero-order valence-electron chi connectivity index (χ0n) is 31.2. The predicted molar refractivity (Wildman–Crippen MR) is 230 cm³/mol. The third-order valence-electron chi connectivity index (χ3n) is 12.8. The molecule has 11 rings (SSSR count). The normalized spacial score (nSPS) is 14.6. The van der Waals surface area contributed by atoms with E-state index in [4.69, 9.17) is 0 Å². The second kappa shape index (κ2) is 11.1. The fraction of sp³-hybridized carbons (Fsp3) is 0.111. The van der Waals surface area contributed by atoms with E-state index in [2.05, 4.69) is 198 Å². The van der Waals surface area contributed by atoms with Gasteiger partial charge in [-0.15, -0.1) is 0 Å². The summed E-state index contributed by atoms with van der Waals surface area (Å²) in [5.41, 5.74) is 18.6. The van der Waals surface area contributed by atoms with Gasteiger partial charge in [-0.05, 0) is 141 Å². The summed E-state index contributed by atoms with van der Waals surface area (Å²) in [6.07, 6.45) is 0. The van der Waals surface area contributed by atoms with E-state index in [0.717, 1.165) is 0 Å². The molecule has 0 N–H and O–H groups in total. The van der Waals surface area contributed by atoms with Crippen molar-refractivity contribution in [1.29, 1.82) is 0 Å². The van der Waals surface area contributed by atoms with E-state index in [1.807, 2.05) is 0 Å². The van der Waals surface area contributed by atoms with E-state index in [-0.39, 0.29) is 10.8 Å². The maximum Gasteiger partial charge on any atom is 0.0159 e. The Morgan fingerprint density at radius 1 is 0.278 bits per heavy atom. The van der Waals surface area contributed by atoms with E-state index < -0.39 is 0 Å². The van der Waals surface area contributed by atoms with Crippen LogP contribution in [0.5, 0.6) is 0 Å². The summed E-state index contributed by atoms with van der Waals surface area (Å²) < 4.78 is 0. The average molecular weight is 689 g/mol. The Bertz CT molecular complexity index is 3040. The average Bonchev–Trinajstić information content (AvgIpc) is 3.57. The highest BCUT2D eigenvalue weighted by atomic mass is 14.4. The molecule has 2 aliphatic carbocycles. The summed E-state index contributed by atoms with van der Waals surface area (Å²) in [7, 11) is 0. The Kier molecular flexibility index (Phi) is 6.46. The van der Waals surface area contributed by atoms with Gasteiger partial charge in [0.1, 0.15) is 0 Å². The van der Waals surface area contributed by atoms with Crippen LogP contribution in [0.4, 0.5) is 0 Å². The molecule has 0 amide bonds. The Morgan fingerprint density at radius 2 is 0.833 bits per heavy atom. The molecule has 2 aliphatic rings. The van der Waals surface area contributed by atoms with Gasteiger partial charge in [-0.25, -0.2) is 0 Å². The first-order chi connectivity index (χ1) is 26.3. The van der Waals surface area contributed by atoms with Crippen LogP contribution in [0.15, 0.2) is 170 Å². The largest absolute Gasteiger partial charge is 0.0619 e. The van der Waals surface area contributed by atoms with Gasteiger partial charge in [-0.2, -0.15) is 0 Å². The molecule has 0 spiro atoms. The van der Waals surface area contributed by atoms with Gasteiger partial charge in [0.2, 0.25) is 0 Å². The third kappa shape index (κ3) is 4.32. The van der Waals surface area contributed by atoms with Gasteiger partial charge in [0.15, 0.2) is 0 Å². The van der Waals surface area contributed by atoms with Gasteiger partial charge < -0.3 is 0 Å². The predicted octanol–water partition coefficient (Wildman–Crippen LogP) is 14.8. The molecular weight excluding hydrogens is 649 g/mol. The van der Waals surface area contributed by atoms with Crippen molar-refractivity contribution >= 4 is 32.3 Å². The van der Waals surface area contributed by atoms with Gasteiger partial charge in [0.25, 0.3) is 0 Å². The van der Waals surface area contributed by atoms with Crippen molar-refractivity contribution in [2.75, 3.05) is 0 Å². The minimum Gasteiger partial charge on any atom is -0.0619 e. The van der Waals surface area contributed by atoms with Gasteiger partial charge >= 0.3 is 0 Å². The fourth-order valence-electron chi connectivity index (χ4n) is 10.1. The van der Waals surface area contributed by atoms with Gasteiger partial charge in [-0.3, -0.25) is 0 Å². The molecule has 0 radical (unpaired) electrons. The second-order valence-electron chi connectivity index (χ2n) is 16.5. The summed E-state index contributed by atoms with van der Waals surface area (Å²) >= 11 is 0. The highest BCUT2D eigenvalue weighted by molar-refractivity contribution is 6.20. The monoisotopic (exact) mass is 688 g/mol. The molecule has 256 valence electrons.